The molecular weight excluding hydrogens is 276 g/mol. The molecule has 0 bridgehead atoms. The molecule has 124 valence electrons. The smallest absolute Gasteiger partial charge is 0.00869 e. The van der Waals surface area contributed by atoms with Crippen molar-refractivity contribution in [3.05, 3.63) is 70.8 Å². The van der Waals surface area contributed by atoms with Crippen molar-refractivity contribution in [2.24, 2.45) is 0 Å². The Balaban J connectivity index is 2.45. The molecule has 0 saturated carbocycles. The summed E-state index contributed by atoms with van der Waals surface area (Å²) in [5.74, 6) is 0.472. The highest BCUT2D eigenvalue weighted by Crippen LogP contribution is 2.33. The molecule has 0 unspecified atom stereocenters. The van der Waals surface area contributed by atoms with E-state index in [-0.39, 0.29) is 10.8 Å². The summed E-state index contributed by atoms with van der Waals surface area (Å²) in [6.45, 7) is 16.0. The van der Waals surface area contributed by atoms with Gasteiger partial charge in [-0.05, 0) is 39.5 Å². The molecule has 0 heterocycles. The molecule has 0 aromatic heterocycles. The summed E-state index contributed by atoms with van der Waals surface area (Å²) in [5, 5.41) is 0. The summed E-state index contributed by atoms with van der Waals surface area (Å²) < 4.78 is 0. The third-order valence-corrected chi connectivity index (χ3v) is 4.72. The van der Waals surface area contributed by atoms with Crippen molar-refractivity contribution >= 4 is 0 Å². The Morgan fingerprint density at radius 3 is 1.39 bits per heavy atom. The van der Waals surface area contributed by atoms with E-state index in [0.717, 1.165) is 6.42 Å². The fraction of sp³-hybridized carbons (Fsp3) is 0.478. The van der Waals surface area contributed by atoms with Crippen molar-refractivity contribution in [3.8, 4) is 0 Å². The van der Waals surface area contributed by atoms with Gasteiger partial charge in [0.05, 0.1) is 0 Å². The van der Waals surface area contributed by atoms with Gasteiger partial charge >= 0.3 is 0 Å². The summed E-state index contributed by atoms with van der Waals surface area (Å²) in [4.78, 5) is 0. The van der Waals surface area contributed by atoms with E-state index in [1.807, 2.05) is 0 Å². The third-order valence-electron chi connectivity index (χ3n) is 4.72. The van der Waals surface area contributed by atoms with Gasteiger partial charge in [0.2, 0.25) is 0 Å². The lowest BCUT2D eigenvalue weighted by molar-refractivity contribution is 0.586. The van der Waals surface area contributed by atoms with E-state index in [1.54, 1.807) is 0 Å². The first-order chi connectivity index (χ1) is 10.6. The van der Waals surface area contributed by atoms with Crippen LogP contribution in [0.4, 0.5) is 0 Å². The number of hydrogen-bond acceptors (Lipinski definition) is 0. The van der Waals surface area contributed by atoms with Crippen LogP contribution < -0.4 is 0 Å². The van der Waals surface area contributed by atoms with Crippen molar-refractivity contribution in [1.82, 2.24) is 0 Å². The minimum Gasteiger partial charge on any atom is -0.0645 e. The second kappa shape index (κ2) is 6.51. The zero-order valence-corrected chi connectivity index (χ0v) is 15.9. The molecule has 0 heteroatoms. The van der Waals surface area contributed by atoms with Crippen LogP contribution in [0.3, 0.4) is 0 Å². The Kier molecular flexibility index (Phi) is 5.04. The second-order valence-electron chi connectivity index (χ2n) is 8.71. The molecule has 0 radical (unpaired) electrons. The average molecular weight is 309 g/mol. The van der Waals surface area contributed by atoms with Gasteiger partial charge in [-0.3, -0.25) is 0 Å². The Hall–Kier alpha value is -1.56. The van der Waals surface area contributed by atoms with Crippen LogP contribution in [0, 0.1) is 0 Å². The van der Waals surface area contributed by atoms with Crippen LogP contribution in [0.1, 0.15) is 83.1 Å². The summed E-state index contributed by atoms with van der Waals surface area (Å²) in [5.41, 5.74) is 6.10. The SMILES string of the molecule is CCC(c1cccc(C(C)(C)C)c1)c1cccc(C(C)(C)C)c1. The van der Waals surface area contributed by atoms with Gasteiger partial charge in [0.25, 0.3) is 0 Å². The lowest BCUT2D eigenvalue weighted by Gasteiger charge is -2.24. The van der Waals surface area contributed by atoms with E-state index < -0.39 is 0 Å². The molecule has 0 N–H and O–H groups in total. The van der Waals surface area contributed by atoms with Crippen molar-refractivity contribution in [3.63, 3.8) is 0 Å². The molecular formula is C23H32. The van der Waals surface area contributed by atoms with Crippen LogP contribution in [0.2, 0.25) is 0 Å². The Bertz CT molecular complexity index is 593. The monoisotopic (exact) mass is 308 g/mol. The van der Waals surface area contributed by atoms with Gasteiger partial charge in [0, 0.05) is 5.92 Å². The molecule has 2 aromatic rings. The summed E-state index contributed by atoms with van der Waals surface area (Å²) in [6.07, 6.45) is 1.13. The minimum atomic E-state index is 0.196. The van der Waals surface area contributed by atoms with E-state index in [1.165, 1.54) is 22.3 Å². The first kappa shape index (κ1) is 17.8. The Morgan fingerprint density at radius 1 is 0.696 bits per heavy atom. The fourth-order valence-corrected chi connectivity index (χ4v) is 3.11. The maximum absolute atomic E-state index is 2.40. The highest BCUT2D eigenvalue weighted by atomic mass is 14.2. The standard InChI is InChI=1S/C23H32/c1-8-21(17-11-9-13-19(15-17)22(2,3)4)18-12-10-14-20(16-18)23(5,6)7/h9-16,21H,8H2,1-7H3. The first-order valence-electron chi connectivity index (χ1n) is 8.84. The van der Waals surface area contributed by atoms with Crippen molar-refractivity contribution in [2.45, 2.75) is 71.6 Å². The molecule has 0 atom stereocenters. The van der Waals surface area contributed by atoms with Crippen LogP contribution in [0.25, 0.3) is 0 Å². The van der Waals surface area contributed by atoms with Gasteiger partial charge in [-0.2, -0.15) is 0 Å². The number of benzene rings is 2. The molecule has 0 nitrogen and oxygen atoms in total. The molecule has 0 amide bonds. The van der Waals surface area contributed by atoms with Crippen LogP contribution in [0.15, 0.2) is 48.5 Å². The van der Waals surface area contributed by atoms with Gasteiger partial charge in [-0.25, -0.2) is 0 Å². The molecule has 0 aliphatic heterocycles. The lowest BCUT2D eigenvalue weighted by Crippen LogP contribution is -2.13. The topological polar surface area (TPSA) is 0 Å². The van der Waals surface area contributed by atoms with Gasteiger partial charge in [-0.1, -0.05) is 97.0 Å². The maximum Gasteiger partial charge on any atom is 0.00869 e. The fourth-order valence-electron chi connectivity index (χ4n) is 3.11. The zero-order chi connectivity index (χ0) is 17.3. The predicted octanol–water partition coefficient (Wildman–Crippen LogP) is 6.82. The molecule has 0 spiro atoms. The van der Waals surface area contributed by atoms with E-state index in [4.69, 9.17) is 0 Å². The van der Waals surface area contributed by atoms with Crippen LogP contribution >= 0.6 is 0 Å². The minimum absolute atomic E-state index is 0.196. The summed E-state index contributed by atoms with van der Waals surface area (Å²) in [7, 11) is 0. The summed E-state index contributed by atoms with van der Waals surface area (Å²) in [6, 6.07) is 18.3. The van der Waals surface area contributed by atoms with Crippen LogP contribution in [-0.4, -0.2) is 0 Å². The Morgan fingerprint density at radius 2 is 1.09 bits per heavy atom. The van der Waals surface area contributed by atoms with Gasteiger partial charge in [0.15, 0.2) is 0 Å². The maximum atomic E-state index is 2.40. The summed E-state index contributed by atoms with van der Waals surface area (Å²) >= 11 is 0. The van der Waals surface area contributed by atoms with Crippen LogP contribution in [-0.2, 0) is 10.8 Å². The molecule has 0 aliphatic rings. The van der Waals surface area contributed by atoms with E-state index in [0.29, 0.717) is 5.92 Å². The van der Waals surface area contributed by atoms with E-state index >= 15 is 0 Å². The highest BCUT2D eigenvalue weighted by molar-refractivity contribution is 5.39. The molecule has 2 aromatic carbocycles. The van der Waals surface area contributed by atoms with Gasteiger partial charge < -0.3 is 0 Å². The molecule has 0 saturated heterocycles. The van der Waals surface area contributed by atoms with Gasteiger partial charge in [0.1, 0.15) is 0 Å². The zero-order valence-electron chi connectivity index (χ0n) is 15.9. The van der Waals surface area contributed by atoms with E-state index in [9.17, 15) is 0 Å². The molecule has 0 fully saturated rings. The predicted molar refractivity (Wildman–Crippen MR) is 102 cm³/mol. The normalized spacial score (nSPS) is 12.7. The lowest BCUT2D eigenvalue weighted by atomic mass is 9.80. The first-order valence-corrected chi connectivity index (χ1v) is 8.84. The van der Waals surface area contributed by atoms with Crippen molar-refractivity contribution in [1.29, 1.82) is 0 Å². The molecule has 23 heavy (non-hydrogen) atoms. The third kappa shape index (κ3) is 4.25. The van der Waals surface area contributed by atoms with E-state index in [2.05, 4.69) is 97.0 Å². The Labute approximate surface area is 143 Å². The van der Waals surface area contributed by atoms with Crippen molar-refractivity contribution < 1.29 is 0 Å². The second-order valence-corrected chi connectivity index (χ2v) is 8.71. The van der Waals surface area contributed by atoms with Crippen LogP contribution in [0.5, 0.6) is 0 Å². The number of rotatable bonds is 3. The molecule has 2 rings (SSSR count). The average Bonchev–Trinajstić information content (AvgIpc) is 2.47. The van der Waals surface area contributed by atoms with Crippen molar-refractivity contribution in [2.75, 3.05) is 0 Å². The quantitative estimate of drug-likeness (QED) is 0.583. The largest absolute Gasteiger partial charge is 0.0645 e. The van der Waals surface area contributed by atoms with Gasteiger partial charge in [-0.15, -0.1) is 0 Å². The number of hydrogen-bond donors (Lipinski definition) is 0. The highest BCUT2D eigenvalue weighted by Gasteiger charge is 2.19. The molecule has 0 aliphatic carbocycles.